The van der Waals surface area contributed by atoms with E-state index in [0.717, 1.165) is 0 Å². The Bertz CT molecular complexity index is 401. The Morgan fingerprint density at radius 3 is 2.74 bits per heavy atom. The first-order chi connectivity index (χ1) is 9.13. The lowest BCUT2D eigenvalue weighted by Gasteiger charge is -2.17. The van der Waals surface area contributed by atoms with Gasteiger partial charge in [-0.2, -0.15) is 0 Å². The lowest BCUT2D eigenvalue weighted by Crippen LogP contribution is -2.32. The number of rotatable bonds is 7. The number of hydrogen-bond donors (Lipinski definition) is 3. The SMILES string of the molecule is C=CCNC(N)=NCC(CC(C)O)c1ccccc1. The summed E-state index contributed by atoms with van der Waals surface area (Å²) in [6.07, 6.45) is 2.04. The van der Waals surface area contributed by atoms with Gasteiger partial charge in [0.1, 0.15) is 0 Å². The van der Waals surface area contributed by atoms with E-state index in [-0.39, 0.29) is 12.0 Å². The van der Waals surface area contributed by atoms with E-state index in [2.05, 4.69) is 29.0 Å². The summed E-state index contributed by atoms with van der Waals surface area (Å²) in [5.74, 6) is 0.580. The minimum atomic E-state index is -0.359. The molecule has 0 radical (unpaired) electrons. The first-order valence-electron chi connectivity index (χ1n) is 6.51. The van der Waals surface area contributed by atoms with E-state index in [9.17, 15) is 5.11 Å². The minimum absolute atomic E-state index is 0.172. The summed E-state index contributed by atoms with van der Waals surface area (Å²) >= 11 is 0. The third-order valence-corrected chi connectivity index (χ3v) is 2.81. The molecule has 4 heteroatoms. The van der Waals surface area contributed by atoms with Crippen LogP contribution in [-0.2, 0) is 0 Å². The molecule has 1 aromatic rings. The Morgan fingerprint density at radius 2 is 2.16 bits per heavy atom. The molecular weight excluding hydrogens is 238 g/mol. The van der Waals surface area contributed by atoms with Gasteiger partial charge in [0.15, 0.2) is 5.96 Å². The second-order valence-corrected chi connectivity index (χ2v) is 4.59. The van der Waals surface area contributed by atoms with Crippen molar-refractivity contribution in [3.63, 3.8) is 0 Å². The second-order valence-electron chi connectivity index (χ2n) is 4.59. The highest BCUT2D eigenvalue weighted by molar-refractivity contribution is 5.77. The summed E-state index contributed by atoms with van der Waals surface area (Å²) in [5, 5.41) is 12.5. The fourth-order valence-electron chi connectivity index (χ4n) is 1.89. The summed E-state index contributed by atoms with van der Waals surface area (Å²) in [6, 6.07) is 10.1. The molecule has 0 heterocycles. The monoisotopic (exact) mass is 261 g/mol. The number of aliphatic imine (C=N–C) groups is 1. The van der Waals surface area contributed by atoms with Crippen LogP contribution in [0.5, 0.6) is 0 Å². The number of nitrogens with one attached hydrogen (secondary N) is 1. The lowest BCUT2D eigenvalue weighted by atomic mass is 9.93. The third-order valence-electron chi connectivity index (χ3n) is 2.81. The normalized spacial score (nSPS) is 14.7. The molecule has 0 aliphatic rings. The molecule has 2 atom stereocenters. The highest BCUT2D eigenvalue weighted by Gasteiger charge is 2.13. The van der Waals surface area contributed by atoms with Crippen LogP contribution in [0.25, 0.3) is 0 Å². The Balaban J connectivity index is 2.68. The molecular formula is C15H23N3O. The van der Waals surface area contributed by atoms with Crippen LogP contribution in [0.2, 0.25) is 0 Å². The molecule has 0 aliphatic heterocycles. The van der Waals surface area contributed by atoms with Crippen molar-refractivity contribution in [3.05, 3.63) is 48.6 Å². The van der Waals surface area contributed by atoms with Crippen LogP contribution in [-0.4, -0.2) is 30.3 Å². The van der Waals surface area contributed by atoms with Crippen molar-refractivity contribution in [2.75, 3.05) is 13.1 Å². The summed E-state index contributed by atoms with van der Waals surface area (Å²) in [7, 11) is 0. The van der Waals surface area contributed by atoms with Crippen molar-refractivity contribution in [3.8, 4) is 0 Å². The molecule has 0 bridgehead atoms. The molecule has 0 fully saturated rings. The quantitative estimate of drug-likeness (QED) is 0.397. The average molecular weight is 261 g/mol. The standard InChI is InChI=1S/C15H23N3O/c1-3-9-17-15(16)18-11-14(10-12(2)19)13-7-5-4-6-8-13/h3-8,12,14,19H,1,9-11H2,2H3,(H3,16,17,18). The van der Waals surface area contributed by atoms with E-state index < -0.39 is 0 Å². The number of nitrogens with two attached hydrogens (primary N) is 1. The molecule has 19 heavy (non-hydrogen) atoms. The van der Waals surface area contributed by atoms with Crippen LogP contribution < -0.4 is 11.1 Å². The lowest BCUT2D eigenvalue weighted by molar-refractivity contribution is 0.175. The van der Waals surface area contributed by atoms with E-state index in [1.807, 2.05) is 18.2 Å². The van der Waals surface area contributed by atoms with Gasteiger partial charge in [0.25, 0.3) is 0 Å². The third kappa shape index (κ3) is 6.06. The molecule has 2 unspecified atom stereocenters. The fourth-order valence-corrected chi connectivity index (χ4v) is 1.89. The second kappa shape index (κ2) is 8.32. The minimum Gasteiger partial charge on any atom is -0.393 e. The predicted molar refractivity (Wildman–Crippen MR) is 80.2 cm³/mol. The molecule has 0 aromatic heterocycles. The molecule has 0 saturated heterocycles. The highest BCUT2D eigenvalue weighted by Crippen LogP contribution is 2.21. The number of nitrogens with zero attached hydrogens (tertiary/aromatic N) is 1. The van der Waals surface area contributed by atoms with Gasteiger partial charge in [0.05, 0.1) is 6.10 Å². The Kier molecular flexibility index (Phi) is 6.68. The first-order valence-corrected chi connectivity index (χ1v) is 6.51. The molecule has 4 nitrogen and oxygen atoms in total. The average Bonchev–Trinajstić information content (AvgIpc) is 2.41. The number of aliphatic hydroxyl groups is 1. The van der Waals surface area contributed by atoms with E-state index in [1.54, 1.807) is 13.0 Å². The van der Waals surface area contributed by atoms with Crippen LogP contribution in [0.1, 0.15) is 24.8 Å². The number of aliphatic hydroxyl groups excluding tert-OH is 1. The maximum atomic E-state index is 9.58. The van der Waals surface area contributed by atoms with Crippen molar-refractivity contribution in [2.45, 2.75) is 25.4 Å². The molecule has 104 valence electrons. The highest BCUT2D eigenvalue weighted by atomic mass is 16.3. The van der Waals surface area contributed by atoms with Crippen molar-refractivity contribution in [1.82, 2.24) is 5.32 Å². The summed E-state index contributed by atoms with van der Waals surface area (Å²) in [4.78, 5) is 4.32. The van der Waals surface area contributed by atoms with Gasteiger partial charge in [-0.3, -0.25) is 4.99 Å². The summed E-state index contributed by atoms with van der Waals surface area (Å²) < 4.78 is 0. The molecule has 1 rings (SSSR count). The van der Waals surface area contributed by atoms with E-state index in [4.69, 9.17) is 5.73 Å². The molecule has 4 N–H and O–H groups in total. The molecule has 0 spiro atoms. The first kappa shape index (κ1) is 15.2. The maximum absolute atomic E-state index is 9.58. The van der Waals surface area contributed by atoms with Gasteiger partial charge < -0.3 is 16.2 Å². The van der Waals surface area contributed by atoms with Crippen LogP contribution >= 0.6 is 0 Å². The number of benzene rings is 1. The smallest absolute Gasteiger partial charge is 0.188 e. The van der Waals surface area contributed by atoms with Crippen molar-refractivity contribution >= 4 is 5.96 Å². The van der Waals surface area contributed by atoms with Gasteiger partial charge in [0, 0.05) is 19.0 Å². The zero-order valence-electron chi connectivity index (χ0n) is 11.4. The van der Waals surface area contributed by atoms with Gasteiger partial charge in [-0.1, -0.05) is 36.4 Å². The fraction of sp³-hybridized carbons (Fsp3) is 0.400. The molecule has 1 aromatic carbocycles. The van der Waals surface area contributed by atoms with Gasteiger partial charge in [-0.25, -0.2) is 0 Å². The topological polar surface area (TPSA) is 70.6 Å². The number of guanidine groups is 1. The molecule has 0 amide bonds. The predicted octanol–water partition coefficient (Wildman–Crippen LogP) is 1.63. The van der Waals surface area contributed by atoms with Crippen molar-refractivity contribution < 1.29 is 5.11 Å². The van der Waals surface area contributed by atoms with Crippen molar-refractivity contribution in [1.29, 1.82) is 0 Å². The zero-order chi connectivity index (χ0) is 14.1. The zero-order valence-corrected chi connectivity index (χ0v) is 11.4. The van der Waals surface area contributed by atoms with Crippen LogP contribution in [0.3, 0.4) is 0 Å². The summed E-state index contributed by atoms with van der Waals surface area (Å²) in [6.45, 7) is 6.56. The molecule has 0 saturated carbocycles. The van der Waals surface area contributed by atoms with Gasteiger partial charge in [-0.15, -0.1) is 6.58 Å². The Hall–Kier alpha value is -1.81. The van der Waals surface area contributed by atoms with Gasteiger partial charge >= 0.3 is 0 Å². The largest absolute Gasteiger partial charge is 0.393 e. The van der Waals surface area contributed by atoms with E-state index >= 15 is 0 Å². The van der Waals surface area contributed by atoms with Crippen LogP contribution in [0, 0.1) is 0 Å². The van der Waals surface area contributed by atoms with Crippen LogP contribution in [0.4, 0.5) is 0 Å². The maximum Gasteiger partial charge on any atom is 0.188 e. The Labute approximate surface area is 115 Å². The molecule has 0 aliphatic carbocycles. The Morgan fingerprint density at radius 1 is 1.47 bits per heavy atom. The number of hydrogen-bond acceptors (Lipinski definition) is 2. The van der Waals surface area contributed by atoms with E-state index in [0.29, 0.717) is 25.5 Å². The van der Waals surface area contributed by atoms with E-state index in [1.165, 1.54) is 5.56 Å². The van der Waals surface area contributed by atoms with Gasteiger partial charge in [0.2, 0.25) is 0 Å². The summed E-state index contributed by atoms with van der Waals surface area (Å²) in [5.41, 5.74) is 6.92. The van der Waals surface area contributed by atoms with Gasteiger partial charge in [-0.05, 0) is 18.9 Å². The van der Waals surface area contributed by atoms with Crippen molar-refractivity contribution in [2.24, 2.45) is 10.7 Å². The van der Waals surface area contributed by atoms with Crippen LogP contribution in [0.15, 0.2) is 48.0 Å².